The van der Waals surface area contributed by atoms with Crippen molar-refractivity contribution < 1.29 is 21.6 Å². The van der Waals surface area contributed by atoms with Crippen molar-refractivity contribution in [2.45, 2.75) is 28.9 Å². The lowest BCUT2D eigenvalue weighted by molar-refractivity contribution is 0.402. The summed E-state index contributed by atoms with van der Waals surface area (Å²) in [5, 5.41) is 0.719. The molecule has 0 fully saturated rings. The molecule has 0 saturated carbocycles. The fourth-order valence-electron chi connectivity index (χ4n) is 2.99. The first-order valence-corrected chi connectivity index (χ1v) is 13.0. The summed E-state index contributed by atoms with van der Waals surface area (Å²) in [4.78, 5) is 0.691. The number of nitrogens with one attached hydrogen (secondary N) is 1. The second-order valence-electron chi connectivity index (χ2n) is 6.87. The van der Waals surface area contributed by atoms with Crippen LogP contribution in [0.5, 0.6) is 5.75 Å². The van der Waals surface area contributed by atoms with Crippen LogP contribution in [0.1, 0.15) is 21.3 Å². The van der Waals surface area contributed by atoms with Gasteiger partial charge < -0.3 is 4.74 Å². The number of ether oxygens (including phenoxy) is 1. The second kappa shape index (κ2) is 8.89. The van der Waals surface area contributed by atoms with Gasteiger partial charge in [-0.25, -0.2) is 21.6 Å². The lowest BCUT2D eigenvalue weighted by Gasteiger charge is -2.18. The van der Waals surface area contributed by atoms with Crippen LogP contribution in [-0.2, 0) is 19.9 Å². The third-order valence-electron chi connectivity index (χ3n) is 4.65. The maximum absolute atomic E-state index is 13.3. The molecule has 0 radical (unpaired) electrons. The van der Waals surface area contributed by atoms with E-state index >= 15 is 0 Å². The van der Waals surface area contributed by atoms with Crippen molar-refractivity contribution in [1.82, 2.24) is 4.72 Å². The van der Waals surface area contributed by atoms with Crippen molar-refractivity contribution in [3.05, 3.63) is 76.0 Å². The van der Waals surface area contributed by atoms with Gasteiger partial charge in [-0.15, -0.1) is 11.3 Å². The van der Waals surface area contributed by atoms with Crippen LogP contribution in [-0.4, -0.2) is 30.5 Å². The Labute approximate surface area is 181 Å². The smallest absolute Gasteiger partial charge is 0.244 e. The van der Waals surface area contributed by atoms with Crippen LogP contribution in [0.2, 0.25) is 0 Å². The monoisotopic (exact) mass is 465 g/mol. The van der Waals surface area contributed by atoms with Gasteiger partial charge in [0.15, 0.2) is 9.84 Å². The van der Waals surface area contributed by atoms with Crippen molar-refractivity contribution in [3.63, 3.8) is 0 Å². The minimum atomic E-state index is -4.00. The molecule has 0 amide bonds. The van der Waals surface area contributed by atoms with Crippen LogP contribution >= 0.6 is 11.3 Å². The zero-order valence-electron chi connectivity index (χ0n) is 16.8. The predicted octanol–water partition coefficient (Wildman–Crippen LogP) is 3.87. The van der Waals surface area contributed by atoms with Crippen LogP contribution in [0.25, 0.3) is 0 Å². The van der Waals surface area contributed by atoms with Gasteiger partial charge in [0.25, 0.3) is 0 Å². The number of hydrogen-bond acceptors (Lipinski definition) is 6. The van der Waals surface area contributed by atoms with Gasteiger partial charge in [-0.3, -0.25) is 0 Å². The summed E-state index contributed by atoms with van der Waals surface area (Å²) in [7, 11) is -6.42. The molecule has 6 nitrogen and oxygen atoms in total. The third kappa shape index (κ3) is 4.75. The molecule has 0 aliphatic heterocycles. The summed E-state index contributed by atoms with van der Waals surface area (Å²) in [5.41, 5.74) is 1.69. The molecule has 0 aliphatic carbocycles. The number of benzene rings is 2. The van der Waals surface area contributed by atoms with E-state index in [0.717, 1.165) is 11.1 Å². The standard InChI is InChI=1S/C21H23NO5S3/c1-15-6-9-17(10-7-15)29(23,24)21(19-5-4-12-28-19)14-22-30(25,26)20-13-16(2)8-11-18(20)27-3/h4-13,21-22H,14H2,1-3H3/t21-/m0/s1. The second-order valence-corrected chi connectivity index (χ2v) is 11.7. The van der Waals surface area contributed by atoms with Crippen molar-refractivity contribution in [2.75, 3.05) is 13.7 Å². The zero-order chi connectivity index (χ0) is 21.9. The Morgan fingerprint density at radius 1 is 0.967 bits per heavy atom. The molecule has 0 saturated heterocycles. The number of sulfone groups is 1. The van der Waals surface area contributed by atoms with Gasteiger partial charge in [0, 0.05) is 11.4 Å². The topological polar surface area (TPSA) is 89.5 Å². The highest BCUT2D eigenvalue weighted by molar-refractivity contribution is 7.92. The molecule has 1 atom stereocenters. The van der Waals surface area contributed by atoms with E-state index in [1.807, 2.05) is 6.92 Å². The summed E-state index contributed by atoms with van der Waals surface area (Å²) < 4.78 is 60.2. The van der Waals surface area contributed by atoms with E-state index in [-0.39, 0.29) is 22.1 Å². The Morgan fingerprint density at radius 3 is 2.23 bits per heavy atom. The number of thiophene rings is 1. The average Bonchev–Trinajstić information content (AvgIpc) is 3.22. The van der Waals surface area contributed by atoms with Gasteiger partial charge in [0.05, 0.1) is 12.0 Å². The Balaban J connectivity index is 1.96. The molecule has 3 rings (SSSR count). The molecule has 9 heteroatoms. The van der Waals surface area contributed by atoms with E-state index < -0.39 is 25.1 Å². The predicted molar refractivity (Wildman–Crippen MR) is 118 cm³/mol. The normalized spacial score (nSPS) is 13.2. The average molecular weight is 466 g/mol. The Kier molecular flexibility index (Phi) is 6.66. The van der Waals surface area contributed by atoms with E-state index in [1.165, 1.54) is 24.5 Å². The van der Waals surface area contributed by atoms with Crippen molar-refractivity contribution in [3.8, 4) is 5.75 Å². The largest absolute Gasteiger partial charge is 0.495 e. The van der Waals surface area contributed by atoms with Crippen molar-refractivity contribution >= 4 is 31.2 Å². The van der Waals surface area contributed by atoms with Gasteiger partial charge >= 0.3 is 0 Å². The fraction of sp³-hybridized carbons (Fsp3) is 0.238. The molecule has 0 spiro atoms. The fourth-order valence-corrected chi connectivity index (χ4v) is 7.18. The van der Waals surface area contributed by atoms with E-state index in [0.29, 0.717) is 4.88 Å². The minimum absolute atomic E-state index is 0.0253. The summed E-state index contributed by atoms with van der Waals surface area (Å²) in [6.45, 7) is 3.35. The molecule has 0 unspecified atom stereocenters. The SMILES string of the molecule is COc1ccc(C)cc1S(=O)(=O)NC[C@@H](c1cccs1)S(=O)(=O)c1ccc(C)cc1. The van der Waals surface area contributed by atoms with E-state index in [4.69, 9.17) is 4.74 Å². The highest BCUT2D eigenvalue weighted by Crippen LogP contribution is 2.32. The number of rotatable bonds is 8. The van der Waals surface area contributed by atoms with Crippen LogP contribution < -0.4 is 9.46 Å². The summed E-state index contributed by atoms with van der Waals surface area (Å²) in [6.07, 6.45) is 0. The van der Waals surface area contributed by atoms with Crippen LogP contribution in [0.3, 0.4) is 0 Å². The number of sulfonamides is 1. The molecule has 30 heavy (non-hydrogen) atoms. The Hall–Kier alpha value is -2.20. The van der Waals surface area contributed by atoms with Gasteiger partial charge in [-0.05, 0) is 55.1 Å². The summed E-state index contributed by atoms with van der Waals surface area (Å²) in [5.74, 6) is 0.196. The molecule has 0 bridgehead atoms. The van der Waals surface area contributed by atoms with Crippen LogP contribution in [0.15, 0.2) is 69.8 Å². The van der Waals surface area contributed by atoms with Gasteiger partial charge in [0.1, 0.15) is 15.9 Å². The van der Waals surface area contributed by atoms with Gasteiger partial charge in [0.2, 0.25) is 10.0 Å². The molecular formula is C21H23NO5S3. The van der Waals surface area contributed by atoms with Gasteiger partial charge in [-0.1, -0.05) is 29.8 Å². The van der Waals surface area contributed by atoms with Crippen LogP contribution in [0.4, 0.5) is 0 Å². The van der Waals surface area contributed by atoms with E-state index in [1.54, 1.807) is 60.8 Å². The molecule has 0 aliphatic rings. The molecule has 1 N–H and O–H groups in total. The molecule has 2 aromatic carbocycles. The quantitative estimate of drug-likeness (QED) is 0.546. The lowest BCUT2D eigenvalue weighted by Crippen LogP contribution is -2.32. The molecule has 1 heterocycles. The molecular weight excluding hydrogens is 442 g/mol. The maximum Gasteiger partial charge on any atom is 0.244 e. The first-order chi connectivity index (χ1) is 14.1. The molecule has 160 valence electrons. The third-order valence-corrected chi connectivity index (χ3v) is 9.33. The van der Waals surface area contributed by atoms with E-state index in [2.05, 4.69) is 4.72 Å². The highest BCUT2D eigenvalue weighted by atomic mass is 32.2. The van der Waals surface area contributed by atoms with Crippen molar-refractivity contribution in [1.29, 1.82) is 0 Å². The first-order valence-electron chi connectivity index (χ1n) is 9.13. The van der Waals surface area contributed by atoms with Gasteiger partial charge in [-0.2, -0.15) is 0 Å². The summed E-state index contributed by atoms with van der Waals surface area (Å²) in [6, 6.07) is 14.8. The minimum Gasteiger partial charge on any atom is -0.495 e. The van der Waals surface area contributed by atoms with Crippen LogP contribution in [0, 0.1) is 13.8 Å². The maximum atomic E-state index is 13.3. The van der Waals surface area contributed by atoms with E-state index in [9.17, 15) is 16.8 Å². The first kappa shape index (κ1) is 22.5. The Morgan fingerprint density at radius 2 is 1.63 bits per heavy atom. The number of aryl methyl sites for hydroxylation is 2. The highest BCUT2D eigenvalue weighted by Gasteiger charge is 2.32. The number of methoxy groups -OCH3 is 1. The Bertz CT molecular complexity index is 1220. The molecule has 3 aromatic rings. The number of hydrogen-bond donors (Lipinski definition) is 1. The summed E-state index contributed by atoms with van der Waals surface area (Å²) >= 11 is 1.27. The lowest BCUT2D eigenvalue weighted by atomic mass is 10.2. The van der Waals surface area contributed by atoms with Crippen molar-refractivity contribution in [2.24, 2.45) is 0 Å². The zero-order valence-corrected chi connectivity index (χ0v) is 19.3. The molecule has 1 aromatic heterocycles.